The van der Waals surface area contributed by atoms with Crippen molar-refractivity contribution in [2.24, 2.45) is 5.92 Å². The molecule has 1 aromatic rings. The predicted molar refractivity (Wildman–Crippen MR) is 95.5 cm³/mol. The highest BCUT2D eigenvalue weighted by molar-refractivity contribution is 6.30. The van der Waals surface area contributed by atoms with E-state index in [1.807, 2.05) is 35.0 Å². The van der Waals surface area contributed by atoms with E-state index in [-0.39, 0.29) is 5.91 Å². The molecule has 0 unspecified atom stereocenters. The summed E-state index contributed by atoms with van der Waals surface area (Å²) in [6, 6.07) is 5.74. The third-order valence-corrected chi connectivity index (χ3v) is 4.74. The molecule has 0 aromatic heterocycles. The van der Waals surface area contributed by atoms with Gasteiger partial charge in [0.05, 0.1) is 13.2 Å². The first-order valence-electron chi connectivity index (χ1n) is 8.70. The fourth-order valence-corrected chi connectivity index (χ4v) is 3.09. The van der Waals surface area contributed by atoms with E-state index < -0.39 is 0 Å². The Morgan fingerprint density at radius 3 is 2.83 bits per heavy atom. The summed E-state index contributed by atoms with van der Waals surface area (Å²) in [5.74, 6) is 1.77. The maximum Gasteiger partial charge on any atom is 0.236 e. The first-order valence-corrected chi connectivity index (χ1v) is 9.08. The molecule has 1 saturated heterocycles. The summed E-state index contributed by atoms with van der Waals surface area (Å²) in [5, 5.41) is 3.97. The molecule has 1 aliphatic heterocycles. The number of rotatable bonds is 7. The van der Waals surface area contributed by atoms with E-state index in [1.165, 1.54) is 12.8 Å². The van der Waals surface area contributed by atoms with Crippen LogP contribution < -0.4 is 10.1 Å². The van der Waals surface area contributed by atoms with E-state index in [0.29, 0.717) is 24.0 Å². The molecule has 6 heteroatoms. The van der Waals surface area contributed by atoms with E-state index in [9.17, 15) is 4.79 Å². The lowest BCUT2D eigenvalue weighted by Crippen LogP contribution is -2.49. The number of carbonyl (C=O) groups is 1. The SMILES string of the molecule is CN(CC(=O)N1CCNCC1)Cc1cc(Cl)ccc1OCC1CC1. The van der Waals surface area contributed by atoms with Gasteiger partial charge in [-0.1, -0.05) is 11.6 Å². The smallest absolute Gasteiger partial charge is 0.236 e. The molecule has 5 nitrogen and oxygen atoms in total. The molecule has 1 heterocycles. The van der Waals surface area contributed by atoms with Crippen LogP contribution in [0, 0.1) is 5.92 Å². The minimum atomic E-state index is 0.182. The maximum atomic E-state index is 12.4. The lowest BCUT2D eigenvalue weighted by Gasteiger charge is -2.29. The number of hydrogen-bond acceptors (Lipinski definition) is 4. The van der Waals surface area contributed by atoms with Gasteiger partial charge in [-0.25, -0.2) is 0 Å². The Balaban J connectivity index is 1.56. The van der Waals surface area contributed by atoms with E-state index in [2.05, 4.69) is 5.32 Å². The van der Waals surface area contributed by atoms with E-state index in [1.54, 1.807) is 0 Å². The van der Waals surface area contributed by atoms with Gasteiger partial charge in [0.25, 0.3) is 0 Å². The monoisotopic (exact) mass is 351 g/mol. The van der Waals surface area contributed by atoms with Crippen LogP contribution in [0.25, 0.3) is 0 Å². The van der Waals surface area contributed by atoms with Crippen molar-refractivity contribution < 1.29 is 9.53 Å². The zero-order chi connectivity index (χ0) is 16.9. The summed E-state index contributed by atoms with van der Waals surface area (Å²) in [6.45, 7) is 5.18. The normalized spacial score (nSPS) is 18.0. The molecule has 1 saturated carbocycles. The van der Waals surface area contributed by atoms with Crippen LogP contribution in [-0.4, -0.2) is 62.1 Å². The second-order valence-electron chi connectivity index (χ2n) is 6.81. The molecule has 0 atom stereocenters. The Labute approximate surface area is 148 Å². The number of ether oxygens (including phenoxy) is 1. The van der Waals surface area contributed by atoms with Crippen LogP contribution in [0.4, 0.5) is 0 Å². The second-order valence-corrected chi connectivity index (χ2v) is 7.25. The molecule has 24 heavy (non-hydrogen) atoms. The summed E-state index contributed by atoms with van der Waals surface area (Å²) in [5.41, 5.74) is 1.04. The van der Waals surface area contributed by atoms with Crippen molar-refractivity contribution in [1.82, 2.24) is 15.1 Å². The van der Waals surface area contributed by atoms with Gasteiger partial charge in [0.2, 0.25) is 5.91 Å². The van der Waals surface area contributed by atoms with Crippen molar-refractivity contribution in [2.45, 2.75) is 19.4 Å². The second kappa shape index (κ2) is 8.19. The highest BCUT2D eigenvalue weighted by Gasteiger charge is 2.23. The summed E-state index contributed by atoms with van der Waals surface area (Å²) >= 11 is 6.15. The van der Waals surface area contributed by atoms with Crippen molar-refractivity contribution in [2.75, 3.05) is 46.4 Å². The molecule has 0 radical (unpaired) electrons. The van der Waals surface area contributed by atoms with Crippen LogP contribution in [0.2, 0.25) is 5.02 Å². The number of likely N-dealkylation sites (N-methyl/N-ethyl adjacent to an activating group) is 1. The molecule has 2 aliphatic rings. The average Bonchev–Trinajstić information content (AvgIpc) is 3.39. The summed E-state index contributed by atoms with van der Waals surface area (Å²) < 4.78 is 5.95. The van der Waals surface area contributed by atoms with E-state index >= 15 is 0 Å². The van der Waals surface area contributed by atoms with Crippen LogP contribution in [-0.2, 0) is 11.3 Å². The van der Waals surface area contributed by atoms with Gasteiger partial charge in [0, 0.05) is 43.3 Å². The molecule has 2 fully saturated rings. The van der Waals surface area contributed by atoms with Gasteiger partial charge in [0.15, 0.2) is 0 Å². The number of carbonyl (C=O) groups excluding carboxylic acids is 1. The van der Waals surface area contributed by atoms with Gasteiger partial charge in [-0.3, -0.25) is 9.69 Å². The molecular weight excluding hydrogens is 326 g/mol. The molecule has 1 N–H and O–H groups in total. The average molecular weight is 352 g/mol. The number of nitrogens with one attached hydrogen (secondary N) is 1. The number of piperazine rings is 1. The zero-order valence-corrected chi connectivity index (χ0v) is 15.0. The van der Waals surface area contributed by atoms with Crippen LogP contribution in [0.15, 0.2) is 18.2 Å². The Hall–Kier alpha value is -1.30. The number of nitrogens with zero attached hydrogens (tertiary/aromatic N) is 2. The number of amides is 1. The quantitative estimate of drug-likeness (QED) is 0.816. The van der Waals surface area contributed by atoms with Gasteiger partial charge < -0.3 is 15.0 Å². The minimum absolute atomic E-state index is 0.182. The first kappa shape index (κ1) is 17.5. The van der Waals surface area contributed by atoms with Crippen molar-refractivity contribution in [3.63, 3.8) is 0 Å². The molecule has 1 aliphatic carbocycles. The fraction of sp³-hybridized carbons (Fsp3) is 0.611. The molecule has 3 rings (SSSR count). The third-order valence-electron chi connectivity index (χ3n) is 4.51. The summed E-state index contributed by atoms with van der Waals surface area (Å²) in [4.78, 5) is 16.3. The first-order chi connectivity index (χ1) is 11.6. The van der Waals surface area contributed by atoms with Crippen LogP contribution in [0.1, 0.15) is 18.4 Å². The summed E-state index contributed by atoms with van der Waals surface area (Å²) in [6.07, 6.45) is 2.53. The number of benzene rings is 1. The molecule has 132 valence electrons. The van der Waals surface area contributed by atoms with Gasteiger partial charge in [0.1, 0.15) is 5.75 Å². The Bertz CT molecular complexity index is 571. The van der Waals surface area contributed by atoms with Crippen molar-refractivity contribution in [3.05, 3.63) is 28.8 Å². The highest BCUT2D eigenvalue weighted by Crippen LogP contribution is 2.31. The molecule has 0 spiro atoms. The molecule has 1 amide bonds. The fourth-order valence-electron chi connectivity index (χ4n) is 2.90. The molecule has 1 aromatic carbocycles. The van der Waals surface area contributed by atoms with Gasteiger partial charge in [-0.05, 0) is 44.0 Å². The van der Waals surface area contributed by atoms with Crippen molar-refractivity contribution in [1.29, 1.82) is 0 Å². The Morgan fingerprint density at radius 2 is 2.12 bits per heavy atom. The lowest BCUT2D eigenvalue weighted by molar-refractivity contribution is -0.132. The number of hydrogen-bond donors (Lipinski definition) is 1. The van der Waals surface area contributed by atoms with Crippen molar-refractivity contribution in [3.8, 4) is 5.75 Å². The van der Waals surface area contributed by atoms with Crippen LogP contribution >= 0.6 is 11.6 Å². The van der Waals surface area contributed by atoms with Crippen LogP contribution in [0.5, 0.6) is 5.75 Å². The third kappa shape index (κ3) is 5.10. The van der Waals surface area contributed by atoms with E-state index in [4.69, 9.17) is 16.3 Å². The van der Waals surface area contributed by atoms with Gasteiger partial charge in [-0.15, -0.1) is 0 Å². The highest BCUT2D eigenvalue weighted by atomic mass is 35.5. The van der Waals surface area contributed by atoms with E-state index in [0.717, 1.165) is 44.1 Å². The topological polar surface area (TPSA) is 44.8 Å². The number of halogens is 1. The molecule has 0 bridgehead atoms. The molecular formula is C18H26ClN3O2. The Morgan fingerprint density at radius 1 is 1.38 bits per heavy atom. The zero-order valence-electron chi connectivity index (χ0n) is 14.3. The summed E-state index contributed by atoms with van der Waals surface area (Å²) in [7, 11) is 1.96. The minimum Gasteiger partial charge on any atom is -0.493 e. The van der Waals surface area contributed by atoms with Gasteiger partial charge >= 0.3 is 0 Å². The Kier molecular flexibility index (Phi) is 5.98. The lowest BCUT2D eigenvalue weighted by atomic mass is 10.2. The maximum absolute atomic E-state index is 12.4. The van der Waals surface area contributed by atoms with Crippen LogP contribution in [0.3, 0.4) is 0 Å². The van der Waals surface area contributed by atoms with Crippen molar-refractivity contribution >= 4 is 17.5 Å². The van der Waals surface area contributed by atoms with Gasteiger partial charge in [-0.2, -0.15) is 0 Å². The standard InChI is InChI=1S/C18H26ClN3O2/c1-21(12-18(23)22-8-6-20-7-9-22)11-15-10-16(19)4-5-17(15)24-13-14-2-3-14/h4-5,10,14,20H,2-3,6-9,11-13H2,1H3. The predicted octanol–water partition coefficient (Wildman–Crippen LogP) is 1.99. The largest absolute Gasteiger partial charge is 0.493 e.